The molecule has 0 aliphatic carbocycles. The predicted molar refractivity (Wildman–Crippen MR) is 46.8 cm³/mol. The monoisotopic (exact) mass is 203 g/mol. The van der Waals surface area contributed by atoms with Gasteiger partial charge >= 0.3 is 5.97 Å². The highest BCUT2D eigenvalue weighted by Gasteiger charge is 2.13. The number of hydrogen-bond donors (Lipinski definition) is 3. The van der Waals surface area contributed by atoms with Crippen LogP contribution >= 0.6 is 0 Å². The Bertz CT molecular complexity index is 223. The van der Waals surface area contributed by atoms with E-state index in [-0.39, 0.29) is 12.8 Å². The minimum Gasteiger partial charge on any atom is -0.468 e. The number of ether oxygens (including phenoxy) is 1. The lowest BCUT2D eigenvalue weighted by molar-refractivity contribution is -0.142. The Morgan fingerprint density at radius 3 is 2.29 bits per heavy atom. The van der Waals surface area contributed by atoms with Gasteiger partial charge in [-0.15, -0.1) is 0 Å². The van der Waals surface area contributed by atoms with Crippen molar-refractivity contribution in [3.8, 4) is 0 Å². The maximum atomic E-state index is 10.6. The van der Waals surface area contributed by atoms with E-state index in [1.807, 2.05) is 0 Å². The maximum Gasteiger partial charge on any atom is 0.322 e. The van der Waals surface area contributed by atoms with Crippen LogP contribution in [0.3, 0.4) is 0 Å². The highest BCUT2D eigenvalue weighted by atomic mass is 16.5. The quantitative estimate of drug-likeness (QED) is 0.295. The molecule has 0 aliphatic heterocycles. The Balaban J connectivity index is 0. The zero-order valence-electron chi connectivity index (χ0n) is 7.78. The van der Waals surface area contributed by atoms with Crippen LogP contribution in [0.5, 0.6) is 0 Å². The van der Waals surface area contributed by atoms with Crippen LogP contribution in [0.25, 0.3) is 0 Å². The predicted octanol–water partition coefficient (Wildman–Crippen LogP) is -1.35. The number of hydrogen-bond acceptors (Lipinski definition) is 6. The summed E-state index contributed by atoms with van der Waals surface area (Å²) in [6, 6.07) is -0.743. The summed E-state index contributed by atoms with van der Waals surface area (Å²) >= 11 is 0. The molecule has 0 rings (SSSR count). The van der Waals surface area contributed by atoms with Crippen molar-refractivity contribution in [2.75, 3.05) is 7.11 Å². The van der Waals surface area contributed by atoms with Gasteiger partial charge in [0.25, 0.3) is 0 Å². The van der Waals surface area contributed by atoms with Gasteiger partial charge in [0.2, 0.25) is 12.0 Å². The van der Waals surface area contributed by atoms with Gasteiger partial charge in [-0.1, -0.05) is 0 Å². The van der Waals surface area contributed by atoms with E-state index >= 15 is 0 Å². The third-order valence-corrected chi connectivity index (χ3v) is 1.21. The Hall–Kier alpha value is -1.72. The lowest BCUT2D eigenvalue weighted by Gasteiger charge is -2.06. The van der Waals surface area contributed by atoms with Gasteiger partial charge in [-0.2, -0.15) is 0 Å². The van der Waals surface area contributed by atoms with Crippen molar-refractivity contribution in [2.45, 2.75) is 18.9 Å². The molecule has 14 heavy (non-hydrogen) atoms. The molecule has 0 fully saturated rings. The molecule has 0 aliphatic rings. The van der Waals surface area contributed by atoms with Crippen molar-refractivity contribution in [3.05, 3.63) is 0 Å². The molecule has 0 saturated carbocycles. The lowest BCUT2D eigenvalue weighted by Crippen LogP contribution is -2.32. The van der Waals surface area contributed by atoms with E-state index in [4.69, 9.17) is 21.7 Å². The minimum atomic E-state index is -0.743. The van der Waals surface area contributed by atoms with Crippen LogP contribution < -0.4 is 11.5 Å². The van der Waals surface area contributed by atoms with E-state index in [1.54, 1.807) is 0 Å². The van der Waals surface area contributed by atoms with Crippen molar-refractivity contribution in [2.24, 2.45) is 11.5 Å². The molecule has 0 bridgehead atoms. The first-order chi connectivity index (χ1) is 6.49. The number of nitrogens with two attached hydrogens (primary N) is 2. The van der Waals surface area contributed by atoms with Crippen LogP contribution in [0, 0.1) is 5.41 Å². The summed E-state index contributed by atoms with van der Waals surface area (Å²) < 4.78 is 4.33. The lowest BCUT2D eigenvalue weighted by atomic mass is 10.2. The van der Waals surface area contributed by atoms with Crippen molar-refractivity contribution >= 4 is 18.0 Å². The highest BCUT2D eigenvalue weighted by molar-refractivity contribution is 5.78. The molecular formula is C7H13N3O4. The third kappa shape index (κ3) is 10.3. The fourth-order valence-electron chi connectivity index (χ4n) is 0.567. The van der Waals surface area contributed by atoms with Gasteiger partial charge in [-0.05, 0) is 6.42 Å². The third-order valence-electron chi connectivity index (χ3n) is 1.21. The number of carbonyl (C=O) groups excluding carboxylic acids is 3. The number of esters is 1. The standard InChI is InChI=1S/C6H12N2O3.CHNO/c1-11-6(10)4(7)2-3-5(8)9;2-1-3/h4H,2-3,7H2,1H3,(H2,8,9);2H/t4-;/m0./s1. The van der Waals surface area contributed by atoms with Crippen molar-refractivity contribution < 1.29 is 19.1 Å². The fraction of sp³-hybridized carbons (Fsp3) is 0.571. The Morgan fingerprint density at radius 1 is 1.57 bits per heavy atom. The van der Waals surface area contributed by atoms with Crippen LogP contribution in [-0.4, -0.2) is 31.1 Å². The van der Waals surface area contributed by atoms with Gasteiger partial charge < -0.3 is 16.2 Å². The van der Waals surface area contributed by atoms with Crippen LogP contribution in [0.15, 0.2) is 0 Å². The summed E-state index contributed by atoms with van der Waals surface area (Å²) in [5.41, 5.74) is 10.1. The number of methoxy groups -OCH3 is 1. The zero-order chi connectivity index (χ0) is 11.6. The summed E-state index contributed by atoms with van der Waals surface area (Å²) in [5, 5.41) is 5.40. The molecule has 0 unspecified atom stereocenters. The molecule has 0 aromatic carbocycles. The molecule has 1 amide bonds. The normalized spacial score (nSPS) is 10.1. The summed E-state index contributed by atoms with van der Waals surface area (Å²) in [4.78, 5) is 29.2. The number of rotatable bonds is 4. The Kier molecular flexibility index (Phi) is 9.89. The average Bonchev–Trinajstić information content (AvgIpc) is 2.14. The maximum absolute atomic E-state index is 10.6. The van der Waals surface area contributed by atoms with Gasteiger partial charge in [0, 0.05) is 6.42 Å². The van der Waals surface area contributed by atoms with E-state index in [9.17, 15) is 9.59 Å². The second-order valence-corrected chi connectivity index (χ2v) is 2.24. The molecule has 0 heterocycles. The number of isocyanates is 1. The Morgan fingerprint density at radius 2 is 2.00 bits per heavy atom. The molecule has 0 radical (unpaired) electrons. The minimum absolute atomic E-state index is 0.107. The van der Waals surface area contributed by atoms with Gasteiger partial charge in [-0.25, -0.2) is 10.2 Å². The van der Waals surface area contributed by atoms with Crippen LogP contribution in [0.2, 0.25) is 0 Å². The molecule has 0 aromatic rings. The second kappa shape index (κ2) is 9.37. The van der Waals surface area contributed by atoms with Gasteiger partial charge in [0.05, 0.1) is 7.11 Å². The molecule has 80 valence electrons. The fourth-order valence-corrected chi connectivity index (χ4v) is 0.567. The molecule has 7 nitrogen and oxygen atoms in total. The topological polar surface area (TPSA) is 136 Å². The highest BCUT2D eigenvalue weighted by Crippen LogP contribution is 1.94. The first-order valence-electron chi connectivity index (χ1n) is 3.65. The van der Waals surface area contributed by atoms with E-state index in [1.165, 1.54) is 7.11 Å². The van der Waals surface area contributed by atoms with Crippen LogP contribution in [-0.2, 0) is 19.1 Å². The summed E-state index contributed by atoms with van der Waals surface area (Å²) in [7, 11) is 1.24. The van der Waals surface area contributed by atoms with E-state index in [2.05, 4.69) is 4.74 Å². The van der Waals surface area contributed by atoms with E-state index in [0.717, 1.165) is 6.08 Å². The van der Waals surface area contributed by atoms with Crippen LogP contribution in [0.1, 0.15) is 12.8 Å². The molecular weight excluding hydrogens is 190 g/mol. The molecule has 7 heteroatoms. The molecule has 0 spiro atoms. The first-order valence-corrected chi connectivity index (χ1v) is 3.65. The number of primary amides is 1. The first kappa shape index (κ1) is 14.8. The number of amides is 1. The smallest absolute Gasteiger partial charge is 0.322 e. The zero-order valence-corrected chi connectivity index (χ0v) is 7.78. The van der Waals surface area contributed by atoms with Gasteiger partial charge in [0.1, 0.15) is 6.04 Å². The molecule has 5 N–H and O–H groups in total. The SMILES string of the molecule is COC(=O)[C@@H](N)CCC(N)=O.N=C=O. The van der Waals surface area contributed by atoms with Crippen molar-refractivity contribution in [1.82, 2.24) is 0 Å². The second-order valence-electron chi connectivity index (χ2n) is 2.24. The Labute approximate surface area is 80.9 Å². The van der Waals surface area contributed by atoms with E-state index < -0.39 is 17.9 Å². The largest absolute Gasteiger partial charge is 0.468 e. The van der Waals surface area contributed by atoms with Gasteiger partial charge in [0.15, 0.2) is 0 Å². The van der Waals surface area contributed by atoms with Crippen LogP contribution in [0.4, 0.5) is 0 Å². The summed E-state index contributed by atoms with van der Waals surface area (Å²) in [6.07, 6.45) is 1.10. The summed E-state index contributed by atoms with van der Waals surface area (Å²) in [6.45, 7) is 0. The molecule has 0 aromatic heterocycles. The number of nitrogens with one attached hydrogen (secondary N) is 1. The van der Waals surface area contributed by atoms with E-state index in [0.29, 0.717) is 0 Å². The summed E-state index contributed by atoms with van der Waals surface area (Å²) in [5.74, 6) is -0.990. The molecule has 1 atom stereocenters. The molecule has 0 saturated heterocycles. The van der Waals surface area contributed by atoms with Crippen molar-refractivity contribution in [3.63, 3.8) is 0 Å². The van der Waals surface area contributed by atoms with Gasteiger partial charge in [-0.3, -0.25) is 9.59 Å². The average molecular weight is 203 g/mol. The number of carbonyl (C=O) groups is 2. The van der Waals surface area contributed by atoms with Crippen molar-refractivity contribution in [1.29, 1.82) is 5.41 Å².